The van der Waals surface area contributed by atoms with Gasteiger partial charge in [0.05, 0.1) is 5.57 Å². The number of hydrogen-bond acceptors (Lipinski definition) is 3. The van der Waals surface area contributed by atoms with Crippen molar-refractivity contribution in [3.8, 4) is 5.75 Å². The molecule has 3 nitrogen and oxygen atoms in total. The second kappa shape index (κ2) is 3.05. The smallest absolute Gasteiger partial charge is 0.130 e. The van der Waals surface area contributed by atoms with Crippen LogP contribution in [-0.4, -0.2) is 17.7 Å². The monoisotopic (exact) mass is 176 g/mol. The first-order valence-electron chi connectivity index (χ1n) is 3.96. The van der Waals surface area contributed by atoms with Crippen molar-refractivity contribution in [1.82, 2.24) is 0 Å². The summed E-state index contributed by atoms with van der Waals surface area (Å²) in [5.74, 6) is 2.32. The SMILES string of the molecule is O=C=C1COc2ccccc2C1O. The zero-order chi connectivity index (χ0) is 9.26. The third-order valence-corrected chi connectivity index (χ3v) is 2.06. The minimum Gasteiger partial charge on any atom is -0.488 e. The van der Waals surface area contributed by atoms with Crippen LogP contribution in [0.3, 0.4) is 0 Å². The predicted molar refractivity (Wildman–Crippen MR) is 46.1 cm³/mol. The predicted octanol–water partition coefficient (Wildman–Crippen LogP) is 0.870. The summed E-state index contributed by atoms with van der Waals surface area (Å²) in [7, 11) is 0. The molecule has 1 aromatic rings. The molecule has 0 fully saturated rings. The molecule has 13 heavy (non-hydrogen) atoms. The van der Waals surface area contributed by atoms with Crippen molar-refractivity contribution in [2.75, 3.05) is 6.61 Å². The van der Waals surface area contributed by atoms with Crippen molar-refractivity contribution in [3.05, 3.63) is 35.4 Å². The third kappa shape index (κ3) is 1.24. The lowest BCUT2D eigenvalue weighted by Crippen LogP contribution is -2.17. The van der Waals surface area contributed by atoms with Crippen LogP contribution in [0.15, 0.2) is 29.8 Å². The first kappa shape index (κ1) is 8.05. The lowest BCUT2D eigenvalue weighted by atomic mass is 10.00. The molecule has 1 unspecified atom stereocenters. The van der Waals surface area contributed by atoms with Gasteiger partial charge in [-0.3, -0.25) is 0 Å². The number of para-hydroxylation sites is 1. The standard InChI is InChI=1S/C10H8O3/c11-5-7-6-13-9-4-2-1-3-8(9)10(7)12/h1-4,10,12H,6H2. The Morgan fingerprint density at radius 1 is 1.46 bits per heavy atom. The molecule has 3 heteroatoms. The van der Waals surface area contributed by atoms with Crippen LogP contribution in [0.2, 0.25) is 0 Å². The average Bonchev–Trinajstić information content (AvgIpc) is 2.19. The molecule has 1 atom stereocenters. The highest BCUT2D eigenvalue weighted by atomic mass is 16.5. The van der Waals surface area contributed by atoms with E-state index >= 15 is 0 Å². The van der Waals surface area contributed by atoms with Gasteiger partial charge in [-0.25, -0.2) is 4.79 Å². The Morgan fingerprint density at radius 2 is 2.23 bits per heavy atom. The molecule has 0 aliphatic carbocycles. The van der Waals surface area contributed by atoms with Gasteiger partial charge in [0.15, 0.2) is 0 Å². The summed E-state index contributed by atoms with van der Waals surface area (Å²) < 4.78 is 5.24. The van der Waals surface area contributed by atoms with Crippen LogP contribution in [0.4, 0.5) is 0 Å². The van der Waals surface area contributed by atoms with Gasteiger partial charge < -0.3 is 9.84 Å². The fraction of sp³-hybridized carbons (Fsp3) is 0.200. The molecule has 0 bridgehead atoms. The molecule has 1 aliphatic rings. The highest BCUT2D eigenvalue weighted by Gasteiger charge is 2.23. The number of rotatable bonds is 0. The Bertz CT molecular complexity index is 378. The van der Waals surface area contributed by atoms with Gasteiger partial charge >= 0.3 is 0 Å². The number of hydrogen-bond donors (Lipinski definition) is 1. The summed E-state index contributed by atoms with van der Waals surface area (Å²) in [5, 5.41) is 9.64. The first-order valence-corrected chi connectivity index (χ1v) is 3.96. The maximum atomic E-state index is 10.4. The second-order valence-corrected chi connectivity index (χ2v) is 2.86. The quantitative estimate of drug-likeness (QED) is 0.596. The average molecular weight is 176 g/mol. The number of aliphatic hydroxyl groups excluding tert-OH is 1. The second-order valence-electron chi connectivity index (χ2n) is 2.86. The molecule has 0 amide bonds. The molecule has 0 radical (unpaired) electrons. The molecule has 2 rings (SSSR count). The summed E-state index contributed by atoms with van der Waals surface area (Å²) in [6, 6.07) is 7.11. The van der Waals surface area contributed by atoms with Crippen LogP contribution in [0, 0.1) is 0 Å². The van der Waals surface area contributed by atoms with Crippen LogP contribution in [-0.2, 0) is 4.79 Å². The fourth-order valence-electron chi connectivity index (χ4n) is 1.35. The molecule has 1 N–H and O–H groups in total. The van der Waals surface area contributed by atoms with Gasteiger partial charge in [-0.2, -0.15) is 0 Å². The van der Waals surface area contributed by atoms with Crippen molar-refractivity contribution in [2.24, 2.45) is 0 Å². The van der Waals surface area contributed by atoms with E-state index < -0.39 is 6.10 Å². The maximum absolute atomic E-state index is 10.4. The highest BCUT2D eigenvalue weighted by Crippen LogP contribution is 2.33. The van der Waals surface area contributed by atoms with E-state index in [4.69, 9.17) is 4.74 Å². The summed E-state index contributed by atoms with van der Waals surface area (Å²) >= 11 is 0. The van der Waals surface area contributed by atoms with Gasteiger partial charge in [-0.1, -0.05) is 18.2 Å². The van der Waals surface area contributed by atoms with Gasteiger partial charge in [-0.15, -0.1) is 0 Å². The molecular formula is C10H8O3. The van der Waals surface area contributed by atoms with E-state index in [1.54, 1.807) is 24.1 Å². The number of aliphatic hydroxyl groups is 1. The third-order valence-electron chi connectivity index (χ3n) is 2.06. The highest BCUT2D eigenvalue weighted by molar-refractivity contribution is 5.58. The molecule has 0 saturated carbocycles. The topological polar surface area (TPSA) is 46.5 Å². The summed E-state index contributed by atoms with van der Waals surface area (Å²) in [5.41, 5.74) is 0.880. The van der Waals surface area contributed by atoms with E-state index in [1.165, 1.54) is 0 Å². The van der Waals surface area contributed by atoms with Crippen LogP contribution < -0.4 is 4.74 Å². The van der Waals surface area contributed by atoms with E-state index in [-0.39, 0.29) is 12.2 Å². The van der Waals surface area contributed by atoms with Gasteiger partial charge in [0.2, 0.25) is 0 Å². The molecule has 0 spiro atoms. The molecule has 1 heterocycles. The van der Waals surface area contributed by atoms with Crippen molar-refractivity contribution in [1.29, 1.82) is 0 Å². The van der Waals surface area contributed by atoms with E-state index in [0.29, 0.717) is 11.3 Å². The van der Waals surface area contributed by atoms with Crippen molar-refractivity contribution >= 4 is 5.94 Å². The number of carbonyl (C=O) groups excluding carboxylic acids is 1. The summed E-state index contributed by atoms with van der Waals surface area (Å²) in [6.07, 6.45) is -0.859. The van der Waals surface area contributed by atoms with Gasteiger partial charge in [-0.05, 0) is 6.07 Å². The van der Waals surface area contributed by atoms with Gasteiger partial charge in [0.25, 0.3) is 0 Å². The van der Waals surface area contributed by atoms with Crippen LogP contribution >= 0.6 is 0 Å². The minimum absolute atomic E-state index is 0.127. The lowest BCUT2D eigenvalue weighted by molar-refractivity contribution is 0.172. The Kier molecular flexibility index (Phi) is 1.89. The largest absolute Gasteiger partial charge is 0.488 e. The zero-order valence-electron chi connectivity index (χ0n) is 6.86. The Hall–Kier alpha value is -1.57. The fourth-order valence-corrected chi connectivity index (χ4v) is 1.35. The summed E-state index contributed by atoms with van der Waals surface area (Å²) in [4.78, 5) is 10.4. The van der Waals surface area contributed by atoms with E-state index in [9.17, 15) is 9.90 Å². The van der Waals surface area contributed by atoms with E-state index in [0.717, 1.165) is 0 Å². The molecule has 0 saturated heterocycles. The van der Waals surface area contributed by atoms with Crippen molar-refractivity contribution in [3.63, 3.8) is 0 Å². The number of benzene rings is 1. The Labute approximate surface area is 75.3 Å². The van der Waals surface area contributed by atoms with Crippen molar-refractivity contribution < 1.29 is 14.6 Å². The van der Waals surface area contributed by atoms with E-state index in [2.05, 4.69) is 0 Å². The first-order chi connectivity index (χ1) is 6.33. The lowest BCUT2D eigenvalue weighted by Gasteiger charge is -2.22. The van der Waals surface area contributed by atoms with Crippen LogP contribution in [0.1, 0.15) is 11.7 Å². The normalized spacial score (nSPS) is 20.1. The van der Waals surface area contributed by atoms with Crippen molar-refractivity contribution in [2.45, 2.75) is 6.10 Å². The Morgan fingerprint density at radius 3 is 3.00 bits per heavy atom. The van der Waals surface area contributed by atoms with Crippen LogP contribution in [0.5, 0.6) is 5.75 Å². The maximum Gasteiger partial charge on any atom is 0.130 e. The van der Waals surface area contributed by atoms with Gasteiger partial charge in [0, 0.05) is 5.56 Å². The zero-order valence-corrected chi connectivity index (χ0v) is 6.86. The molecular weight excluding hydrogens is 168 g/mol. The number of fused-ring (bicyclic) bond motifs is 1. The minimum atomic E-state index is -0.859. The molecule has 1 aromatic carbocycles. The van der Waals surface area contributed by atoms with E-state index in [1.807, 2.05) is 6.07 Å². The Balaban J connectivity index is 2.51. The number of ether oxygens (including phenoxy) is 1. The molecule has 66 valence electrons. The molecule has 0 aromatic heterocycles. The summed E-state index contributed by atoms with van der Waals surface area (Å²) in [6.45, 7) is 0.127. The van der Waals surface area contributed by atoms with Crippen LogP contribution in [0.25, 0.3) is 0 Å². The van der Waals surface area contributed by atoms with Gasteiger partial charge in [0.1, 0.15) is 24.4 Å². The molecule has 1 aliphatic heterocycles.